The molecule has 90 valence electrons. The van der Waals surface area contributed by atoms with E-state index < -0.39 is 0 Å². The molecule has 17 heavy (non-hydrogen) atoms. The summed E-state index contributed by atoms with van der Waals surface area (Å²) in [6.07, 6.45) is 0.728. The lowest BCUT2D eigenvalue weighted by Crippen LogP contribution is -2.10. The molecule has 0 saturated heterocycles. The van der Waals surface area contributed by atoms with Crippen molar-refractivity contribution in [3.63, 3.8) is 0 Å². The van der Waals surface area contributed by atoms with Gasteiger partial charge in [0, 0.05) is 17.4 Å². The zero-order valence-electron chi connectivity index (χ0n) is 9.20. The molecule has 6 heteroatoms. The molecule has 1 aromatic carbocycles. The van der Waals surface area contributed by atoms with Gasteiger partial charge in [-0.15, -0.1) is 0 Å². The van der Waals surface area contributed by atoms with E-state index in [1.807, 2.05) is 19.2 Å². The highest BCUT2D eigenvalue weighted by Crippen LogP contribution is 2.29. The van der Waals surface area contributed by atoms with Crippen LogP contribution in [-0.2, 0) is 6.42 Å². The average Bonchev–Trinajstić information content (AvgIpc) is 2.78. The SMILES string of the molecule is CNCCc1noc(-c2cc(Br)ccc2Cl)n1. The smallest absolute Gasteiger partial charge is 0.259 e. The van der Waals surface area contributed by atoms with Gasteiger partial charge in [-0.25, -0.2) is 0 Å². The van der Waals surface area contributed by atoms with Gasteiger partial charge in [-0.05, 0) is 25.2 Å². The average molecular weight is 317 g/mol. The van der Waals surface area contributed by atoms with E-state index in [-0.39, 0.29) is 0 Å². The molecule has 0 radical (unpaired) electrons. The molecular formula is C11H11BrClN3O. The van der Waals surface area contributed by atoms with E-state index >= 15 is 0 Å². The monoisotopic (exact) mass is 315 g/mol. The maximum absolute atomic E-state index is 6.08. The van der Waals surface area contributed by atoms with Crippen LogP contribution in [0.1, 0.15) is 5.82 Å². The summed E-state index contributed by atoms with van der Waals surface area (Å²) in [6.45, 7) is 0.811. The fourth-order valence-electron chi connectivity index (χ4n) is 1.36. The summed E-state index contributed by atoms with van der Waals surface area (Å²) >= 11 is 9.47. The summed E-state index contributed by atoms with van der Waals surface area (Å²) in [7, 11) is 1.88. The zero-order valence-corrected chi connectivity index (χ0v) is 11.5. The largest absolute Gasteiger partial charge is 0.334 e. The Labute approximate surface area is 112 Å². The van der Waals surface area contributed by atoms with Crippen molar-refractivity contribution in [1.29, 1.82) is 0 Å². The summed E-state index contributed by atoms with van der Waals surface area (Å²) < 4.78 is 6.11. The third kappa shape index (κ3) is 3.06. The van der Waals surface area contributed by atoms with Gasteiger partial charge in [0.15, 0.2) is 5.82 Å². The minimum Gasteiger partial charge on any atom is -0.334 e. The molecule has 2 aromatic rings. The third-order valence-corrected chi connectivity index (χ3v) is 3.05. The minimum atomic E-state index is 0.447. The third-order valence-electron chi connectivity index (χ3n) is 2.23. The first-order valence-corrected chi connectivity index (χ1v) is 6.30. The van der Waals surface area contributed by atoms with Crippen molar-refractivity contribution in [3.8, 4) is 11.5 Å². The molecule has 0 aliphatic heterocycles. The molecule has 0 unspecified atom stereocenters. The Morgan fingerprint density at radius 3 is 3.06 bits per heavy atom. The number of nitrogens with one attached hydrogen (secondary N) is 1. The topological polar surface area (TPSA) is 51.0 Å². The van der Waals surface area contributed by atoms with Crippen LogP contribution in [0, 0.1) is 0 Å². The molecule has 0 saturated carbocycles. The van der Waals surface area contributed by atoms with Crippen molar-refractivity contribution in [3.05, 3.63) is 33.5 Å². The summed E-state index contributed by atoms with van der Waals surface area (Å²) in [6, 6.07) is 5.51. The molecule has 1 heterocycles. The van der Waals surface area contributed by atoms with Crippen molar-refractivity contribution >= 4 is 27.5 Å². The van der Waals surface area contributed by atoms with E-state index in [4.69, 9.17) is 16.1 Å². The Morgan fingerprint density at radius 2 is 2.29 bits per heavy atom. The number of rotatable bonds is 4. The number of likely N-dealkylation sites (N-methyl/N-ethyl adjacent to an activating group) is 1. The van der Waals surface area contributed by atoms with Crippen molar-refractivity contribution in [1.82, 2.24) is 15.5 Å². The predicted molar refractivity (Wildman–Crippen MR) is 70.1 cm³/mol. The standard InChI is InChI=1S/C11H11BrClN3O/c1-14-5-4-10-15-11(17-16-10)8-6-7(12)2-3-9(8)13/h2-3,6,14H,4-5H2,1H3. The molecule has 1 N–H and O–H groups in total. The van der Waals surface area contributed by atoms with Crippen LogP contribution in [0.2, 0.25) is 5.02 Å². The number of nitrogens with zero attached hydrogens (tertiary/aromatic N) is 2. The van der Waals surface area contributed by atoms with Crippen molar-refractivity contribution in [2.24, 2.45) is 0 Å². The molecular weight excluding hydrogens is 305 g/mol. The lowest BCUT2D eigenvalue weighted by Gasteiger charge is -1.98. The van der Waals surface area contributed by atoms with Crippen molar-refractivity contribution in [2.75, 3.05) is 13.6 Å². The molecule has 0 aliphatic rings. The summed E-state index contributed by atoms with van der Waals surface area (Å²) in [4.78, 5) is 4.30. The second-order valence-electron chi connectivity index (χ2n) is 3.49. The molecule has 2 rings (SSSR count). The van der Waals surface area contributed by atoms with Crippen LogP contribution in [0.25, 0.3) is 11.5 Å². The fourth-order valence-corrected chi connectivity index (χ4v) is 1.92. The quantitative estimate of drug-likeness (QED) is 0.942. The Kier molecular flexibility index (Phi) is 4.15. The number of hydrogen-bond acceptors (Lipinski definition) is 4. The number of halogens is 2. The van der Waals surface area contributed by atoms with Gasteiger partial charge in [0.2, 0.25) is 0 Å². The highest BCUT2D eigenvalue weighted by atomic mass is 79.9. The van der Waals surface area contributed by atoms with E-state index in [0.717, 1.165) is 23.0 Å². The first kappa shape index (κ1) is 12.5. The maximum Gasteiger partial charge on any atom is 0.259 e. The second kappa shape index (κ2) is 5.62. The van der Waals surface area contributed by atoms with Gasteiger partial charge in [0.1, 0.15) is 0 Å². The van der Waals surface area contributed by atoms with E-state index in [2.05, 4.69) is 31.4 Å². The van der Waals surface area contributed by atoms with E-state index in [1.165, 1.54) is 0 Å². The highest BCUT2D eigenvalue weighted by molar-refractivity contribution is 9.10. The van der Waals surface area contributed by atoms with E-state index in [9.17, 15) is 0 Å². The van der Waals surface area contributed by atoms with Crippen LogP contribution in [0.15, 0.2) is 27.2 Å². The van der Waals surface area contributed by atoms with Crippen LogP contribution >= 0.6 is 27.5 Å². The van der Waals surface area contributed by atoms with Gasteiger partial charge in [-0.3, -0.25) is 0 Å². The molecule has 0 fully saturated rings. The van der Waals surface area contributed by atoms with Gasteiger partial charge in [-0.1, -0.05) is 32.7 Å². The summed E-state index contributed by atoms with van der Waals surface area (Å²) in [5.74, 6) is 1.12. The molecule has 0 atom stereocenters. The van der Waals surface area contributed by atoms with Crippen LogP contribution in [0.5, 0.6) is 0 Å². The molecule has 1 aromatic heterocycles. The van der Waals surface area contributed by atoms with Gasteiger partial charge >= 0.3 is 0 Å². The fraction of sp³-hybridized carbons (Fsp3) is 0.273. The van der Waals surface area contributed by atoms with Crippen molar-refractivity contribution in [2.45, 2.75) is 6.42 Å². The number of benzene rings is 1. The Morgan fingerprint density at radius 1 is 1.47 bits per heavy atom. The van der Waals surface area contributed by atoms with Gasteiger partial charge in [0.05, 0.1) is 10.6 Å². The zero-order chi connectivity index (χ0) is 12.3. The lowest BCUT2D eigenvalue weighted by molar-refractivity contribution is 0.422. The minimum absolute atomic E-state index is 0.447. The van der Waals surface area contributed by atoms with Gasteiger partial charge in [0.25, 0.3) is 5.89 Å². The summed E-state index contributed by atoms with van der Waals surface area (Å²) in [5.41, 5.74) is 0.740. The van der Waals surface area contributed by atoms with Crippen LogP contribution < -0.4 is 5.32 Å². The first-order chi connectivity index (χ1) is 8.20. The lowest BCUT2D eigenvalue weighted by atomic mass is 10.2. The van der Waals surface area contributed by atoms with E-state index in [0.29, 0.717) is 16.7 Å². The molecule has 0 amide bonds. The molecule has 0 aliphatic carbocycles. The predicted octanol–water partition coefficient (Wildman–Crippen LogP) is 2.91. The van der Waals surface area contributed by atoms with Crippen LogP contribution in [0.3, 0.4) is 0 Å². The first-order valence-electron chi connectivity index (χ1n) is 5.13. The Bertz CT molecular complexity index is 515. The van der Waals surface area contributed by atoms with Crippen LogP contribution in [-0.4, -0.2) is 23.7 Å². The highest BCUT2D eigenvalue weighted by Gasteiger charge is 2.12. The van der Waals surface area contributed by atoms with Gasteiger partial charge in [-0.2, -0.15) is 4.98 Å². The molecule has 4 nitrogen and oxygen atoms in total. The van der Waals surface area contributed by atoms with Crippen LogP contribution in [0.4, 0.5) is 0 Å². The number of hydrogen-bond donors (Lipinski definition) is 1. The van der Waals surface area contributed by atoms with Crippen molar-refractivity contribution < 1.29 is 4.52 Å². The van der Waals surface area contributed by atoms with Gasteiger partial charge < -0.3 is 9.84 Å². The van der Waals surface area contributed by atoms with E-state index in [1.54, 1.807) is 6.07 Å². The maximum atomic E-state index is 6.08. The molecule has 0 bridgehead atoms. The molecule has 0 spiro atoms. The Balaban J connectivity index is 2.27. The Hall–Kier alpha value is -0.910. The summed E-state index contributed by atoms with van der Waals surface area (Å²) in [5, 5.41) is 7.53. The second-order valence-corrected chi connectivity index (χ2v) is 4.82. The normalized spacial score (nSPS) is 10.8. The number of aromatic nitrogens is 2.